The molecule has 1 unspecified atom stereocenters. The van der Waals surface area contributed by atoms with E-state index >= 15 is 0 Å². The highest BCUT2D eigenvalue weighted by Crippen LogP contribution is 2.35. The lowest BCUT2D eigenvalue weighted by molar-refractivity contribution is -0.141. The van der Waals surface area contributed by atoms with Gasteiger partial charge in [0.05, 0.1) is 59.4 Å². The molecule has 0 radical (unpaired) electrons. The van der Waals surface area contributed by atoms with Gasteiger partial charge in [-0.15, -0.1) is 0 Å². The zero-order valence-corrected chi connectivity index (χ0v) is 36.6. The van der Waals surface area contributed by atoms with E-state index in [0.717, 1.165) is 55.4 Å². The van der Waals surface area contributed by atoms with E-state index in [1.807, 2.05) is 115 Å². The number of nitrogens with two attached hydrogens (primary N) is 1. The van der Waals surface area contributed by atoms with E-state index in [0.29, 0.717) is 42.7 Å². The number of halogens is 1. The molecule has 0 saturated heterocycles. The van der Waals surface area contributed by atoms with Crippen molar-refractivity contribution in [2.45, 2.75) is 24.9 Å². The number of rotatable bonds is 12. The van der Waals surface area contributed by atoms with Crippen molar-refractivity contribution in [1.82, 2.24) is 34.9 Å². The number of hydrogen-bond donors (Lipinski definition) is 3. The molecule has 4 N–H and O–H groups in total. The molecule has 16 heteroatoms. The molecule has 5 heterocycles. The number of anilines is 2. The van der Waals surface area contributed by atoms with E-state index in [4.69, 9.17) is 27.3 Å². The normalized spacial score (nSPS) is 11.1. The van der Waals surface area contributed by atoms with Gasteiger partial charge in [0.1, 0.15) is 11.6 Å². The molecule has 9 rings (SSSR count). The second-order valence-corrected chi connectivity index (χ2v) is 15.1. The Kier molecular flexibility index (Phi) is 15.9. The highest BCUT2D eigenvalue weighted by atomic mass is 35.5. The first-order valence-electron chi connectivity index (χ1n) is 20.4. The minimum atomic E-state index is -2.39. The van der Waals surface area contributed by atoms with Gasteiger partial charge in [-0.05, 0) is 94.3 Å². The average molecular weight is 902 g/mol. The molecule has 0 aliphatic carbocycles. The Morgan fingerprint density at radius 3 is 1.69 bits per heavy atom. The fraction of sp³-hybridized carbons (Fsp3) is 0.102. The van der Waals surface area contributed by atoms with Gasteiger partial charge in [0.2, 0.25) is 5.28 Å². The highest BCUT2D eigenvalue weighted by molar-refractivity contribution is 7.79. The molecule has 326 valence electrons. The molecule has 65 heavy (non-hydrogen) atoms. The molecule has 0 fully saturated rings. The smallest absolute Gasteiger partial charge is 0.319 e. The van der Waals surface area contributed by atoms with Gasteiger partial charge in [0, 0.05) is 35.2 Å². The van der Waals surface area contributed by atoms with E-state index < -0.39 is 11.1 Å². The summed E-state index contributed by atoms with van der Waals surface area (Å²) in [7, 11) is 0. The number of aromatic nitrogens is 7. The van der Waals surface area contributed by atoms with Crippen LogP contribution >= 0.6 is 11.6 Å². The monoisotopic (exact) mass is 901 g/mol. The predicted molar refractivity (Wildman–Crippen MR) is 254 cm³/mol. The number of nitrogens with zero attached hydrogens (tertiary/aromatic N) is 7. The maximum absolute atomic E-state index is 11.4. The molecule has 5 aromatic heterocycles. The van der Waals surface area contributed by atoms with Gasteiger partial charge >= 0.3 is 5.97 Å². The minimum absolute atomic E-state index is 0.0200. The van der Waals surface area contributed by atoms with Crippen LogP contribution in [-0.4, -0.2) is 62.8 Å². The Bertz CT molecular complexity index is 3010. The van der Waals surface area contributed by atoms with Crippen LogP contribution in [0.25, 0.3) is 55.4 Å². The number of pyridine rings is 3. The molecule has 0 aliphatic heterocycles. The van der Waals surface area contributed by atoms with Crippen molar-refractivity contribution in [2.24, 2.45) is 5.73 Å². The first kappa shape index (κ1) is 45.5. The van der Waals surface area contributed by atoms with Crippen molar-refractivity contribution in [3.63, 3.8) is 0 Å². The van der Waals surface area contributed by atoms with Crippen molar-refractivity contribution in [2.75, 3.05) is 23.8 Å². The van der Waals surface area contributed by atoms with Crippen molar-refractivity contribution in [3.8, 4) is 33.6 Å². The second kappa shape index (κ2) is 22.7. The van der Waals surface area contributed by atoms with E-state index in [9.17, 15) is 13.6 Å². The maximum atomic E-state index is 11.4. The number of nitrogens with one attached hydrogen (secondary N) is 2. The van der Waals surface area contributed by atoms with E-state index in [1.54, 1.807) is 25.5 Å². The molecule has 9 aromatic rings. The standard InChI is InChI=1S/C25H19N5O2S.C20H15ClN4.C4H9NO2/c31-33(32)20-13-18(14-26-16-20)24-29-22-11-6-10-21(17-7-2-1-3-8-17)23(22)25(30-24)28-15-19-9-4-5-12-27-19;21-20-24-17-11-6-10-16(14-7-2-1-3-8-14)18(17)19(25-20)23-13-15-9-4-5-12-22-15;1-2-7-4(6)3-5/h1-14,16H,15H2,(H,31,32)(H,28,29,30);1-12H,13H2,(H,23,24,25);2-3,5H2,1H3/p-1. The van der Waals surface area contributed by atoms with Gasteiger partial charge in [0.15, 0.2) is 5.82 Å². The molecular formula is C49H42ClN10O4S-. The molecule has 4 aromatic carbocycles. The van der Waals surface area contributed by atoms with Crippen LogP contribution in [0.3, 0.4) is 0 Å². The minimum Gasteiger partial charge on any atom is -0.768 e. The maximum Gasteiger partial charge on any atom is 0.319 e. The molecule has 14 nitrogen and oxygen atoms in total. The van der Waals surface area contributed by atoms with Gasteiger partial charge in [-0.1, -0.05) is 97.1 Å². The summed E-state index contributed by atoms with van der Waals surface area (Å²) >= 11 is 3.73. The van der Waals surface area contributed by atoms with Crippen LogP contribution in [0.5, 0.6) is 0 Å². The average Bonchev–Trinajstić information content (AvgIpc) is 3.36. The van der Waals surface area contributed by atoms with Gasteiger partial charge in [0.25, 0.3) is 0 Å². The van der Waals surface area contributed by atoms with Gasteiger partial charge in [-0.25, -0.2) is 19.9 Å². The number of benzene rings is 4. The molecule has 0 amide bonds. The Balaban J connectivity index is 0.000000174. The van der Waals surface area contributed by atoms with Gasteiger partial charge in [-0.3, -0.25) is 24.0 Å². The Morgan fingerprint density at radius 2 is 1.20 bits per heavy atom. The highest BCUT2D eigenvalue weighted by Gasteiger charge is 2.16. The lowest BCUT2D eigenvalue weighted by Crippen LogP contribution is -2.16. The third-order valence-corrected chi connectivity index (χ3v) is 10.3. The molecule has 0 aliphatic rings. The van der Waals surface area contributed by atoms with Crippen LogP contribution in [0.4, 0.5) is 11.6 Å². The number of ether oxygens (including phenoxy) is 1. The summed E-state index contributed by atoms with van der Waals surface area (Å²) in [5, 5.41) is 8.81. The summed E-state index contributed by atoms with van der Waals surface area (Å²) in [6, 6.07) is 45.2. The zero-order chi connectivity index (χ0) is 45.4. The van der Waals surface area contributed by atoms with Crippen LogP contribution in [0, 0.1) is 0 Å². The first-order chi connectivity index (χ1) is 31.8. The van der Waals surface area contributed by atoms with E-state index in [-0.39, 0.29) is 22.7 Å². The predicted octanol–water partition coefficient (Wildman–Crippen LogP) is 9.07. The summed E-state index contributed by atoms with van der Waals surface area (Å²) in [6.45, 7) is 3.17. The largest absolute Gasteiger partial charge is 0.768 e. The fourth-order valence-electron chi connectivity index (χ4n) is 6.65. The third kappa shape index (κ3) is 12.1. The van der Waals surface area contributed by atoms with Crippen LogP contribution in [-0.2, 0) is 33.7 Å². The molecule has 1 atom stereocenters. The fourth-order valence-corrected chi connectivity index (χ4v) is 7.19. The quantitative estimate of drug-likeness (QED) is 0.0594. The van der Waals surface area contributed by atoms with Gasteiger partial charge in [-0.2, -0.15) is 0 Å². The number of carbonyl (C=O) groups excluding carboxylic acids is 1. The molecule has 0 bridgehead atoms. The van der Waals surface area contributed by atoms with E-state index in [2.05, 4.69) is 58.5 Å². The van der Waals surface area contributed by atoms with E-state index in [1.165, 1.54) is 12.3 Å². The Morgan fingerprint density at radius 1 is 0.662 bits per heavy atom. The van der Waals surface area contributed by atoms with Crippen LogP contribution in [0.2, 0.25) is 5.28 Å². The number of fused-ring (bicyclic) bond motifs is 2. The van der Waals surface area contributed by atoms with Crippen molar-refractivity contribution >= 4 is 62.1 Å². The van der Waals surface area contributed by atoms with Crippen LogP contribution in [0.1, 0.15) is 18.3 Å². The van der Waals surface area contributed by atoms with Crippen molar-refractivity contribution < 1.29 is 18.3 Å². The molecular weight excluding hydrogens is 860 g/mol. The lowest BCUT2D eigenvalue weighted by atomic mass is 10.0. The molecule has 0 saturated carbocycles. The van der Waals surface area contributed by atoms with Crippen molar-refractivity contribution in [3.05, 3.63) is 181 Å². The Labute approximate surface area is 382 Å². The SMILES string of the molecule is CCOC(=O)CN.Clc1nc(NCc2ccccn2)c2c(-c3ccccc3)cccc2n1.O=S([O-])c1cncc(-c2nc(NCc3ccccn3)c3c(-c4ccccc4)cccc3n2)c1. The number of carbonyl (C=O) groups is 1. The lowest BCUT2D eigenvalue weighted by Gasteiger charge is -2.15. The second-order valence-electron chi connectivity index (χ2n) is 13.9. The first-order valence-corrected chi connectivity index (χ1v) is 21.8. The van der Waals surface area contributed by atoms with Crippen LogP contribution in [0.15, 0.2) is 169 Å². The summed E-state index contributed by atoms with van der Waals surface area (Å²) < 4.78 is 27.3. The molecule has 0 spiro atoms. The Hall–Kier alpha value is -7.56. The summed E-state index contributed by atoms with van der Waals surface area (Å²) in [6.07, 6.45) is 6.37. The zero-order valence-electron chi connectivity index (χ0n) is 35.0. The number of esters is 1. The summed E-state index contributed by atoms with van der Waals surface area (Å²) in [5.41, 5.74) is 13.0. The number of hydrogen-bond acceptors (Lipinski definition) is 14. The van der Waals surface area contributed by atoms with Gasteiger partial charge < -0.3 is 25.7 Å². The summed E-state index contributed by atoms with van der Waals surface area (Å²) in [4.78, 5) is 41.2. The summed E-state index contributed by atoms with van der Waals surface area (Å²) in [5.74, 6) is 1.38. The third-order valence-electron chi connectivity index (χ3n) is 9.55. The van der Waals surface area contributed by atoms with Crippen LogP contribution < -0.4 is 16.4 Å². The topological polar surface area (TPSA) is 207 Å². The van der Waals surface area contributed by atoms with Crippen molar-refractivity contribution in [1.29, 1.82) is 0 Å².